The van der Waals surface area contributed by atoms with Crippen LogP contribution in [0.4, 0.5) is 0 Å². The van der Waals surface area contributed by atoms with Gasteiger partial charge in [-0.2, -0.15) is 0 Å². The molecule has 0 aromatic heterocycles. The zero-order valence-electron chi connectivity index (χ0n) is 10.9. The van der Waals surface area contributed by atoms with Crippen molar-refractivity contribution in [3.8, 4) is 11.8 Å². The molecule has 0 unspecified atom stereocenters. The van der Waals surface area contributed by atoms with Crippen LogP contribution in [-0.4, -0.2) is 0 Å². The van der Waals surface area contributed by atoms with E-state index in [4.69, 9.17) is 37.2 Å². The molecule has 8 nitrogen and oxygen atoms in total. The van der Waals surface area contributed by atoms with E-state index in [1.165, 1.54) is 0 Å². The molecule has 120 valence electrons. The predicted molar refractivity (Wildman–Crippen MR) is 50.6 cm³/mol. The van der Waals surface area contributed by atoms with Crippen LogP contribution < -0.4 is 0 Å². The standard InChI is InChI=1S/C4H6.8CO.2Co/c1-3-4-2;8*1-2;;/h1-2H3;;;;;;;;;;. The first-order chi connectivity index (χ1) is 9.91. The Morgan fingerprint density at radius 1 is 0.364 bits per heavy atom. The summed E-state index contributed by atoms with van der Waals surface area (Å²) in [6, 6.07) is 0. The van der Waals surface area contributed by atoms with Gasteiger partial charge in [-0.15, -0.1) is 11.8 Å². The number of hydrogen-bond donors (Lipinski definition) is 0. The minimum absolute atomic E-state index is 0. The first-order valence-corrected chi connectivity index (χ1v) is 2.88. The summed E-state index contributed by atoms with van der Waals surface area (Å²) in [5.74, 6) is 5.36. The van der Waals surface area contributed by atoms with E-state index in [9.17, 15) is 0 Å². The van der Waals surface area contributed by atoms with Gasteiger partial charge >= 0.3 is 90.4 Å². The van der Waals surface area contributed by atoms with E-state index in [-0.39, 0.29) is 33.6 Å². The molecule has 0 rings (SSSR count). The predicted octanol–water partition coefficient (Wildman–Crippen LogP) is 0.725. The smallest absolute Gasteiger partial charge is 0 e. The molecule has 0 atom stereocenters. The fourth-order valence-electron chi connectivity index (χ4n) is 0. The Hall–Kier alpha value is -1.51. The maximum absolute atomic E-state index is 7.50. The summed E-state index contributed by atoms with van der Waals surface area (Å²) >= 11 is 0. The van der Waals surface area contributed by atoms with Crippen LogP contribution in [0.3, 0.4) is 0 Å². The van der Waals surface area contributed by atoms with Crippen LogP contribution in [0.25, 0.3) is 0 Å². The molecule has 0 amide bonds. The Bertz CT molecular complexity index is 232. The molecule has 10 heteroatoms. The van der Waals surface area contributed by atoms with Gasteiger partial charge < -0.3 is 0 Å². The summed E-state index contributed by atoms with van der Waals surface area (Å²) < 4.78 is 60.0. The summed E-state index contributed by atoms with van der Waals surface area (Å²) in [6.07, 6.45) is 0. The van der Waals surface area contributed by atoms with Gasteiger partial charge in [-0.25, -0.2) is 0 Å². The van der Waals surface area contributed by atoms with Crippen LogP contribution in [0.15, 0.2) is 0 Å². The first-order valence-electron chi connectivity index (χ1n) is 2.88. The van der Waals surface area contributed by atoms with Crippen molar-refractivity contribution in [3.05, 3.63) is 53.2 Å². The number of hydrogen-bond acceptors (Lipinski definition) is 0. The van der Waals surface area contributed by atoms with Crippen molar-refractivity contribution >= 4 is 0 Å². The molecular weight excluding hydrogens is 390 g/mol. The van der Waals surface area contributed by atoms with Crippen LogP contribution in [-0.2, 0) is 70.8 Å². The van der Waals surface area contributed by atoms with Gasteiger partial charge in [0.15, 0.2) is 0 Å². The average molecular weight is 396 g/mol. The van der Waals surface area contributed by atoms with E-state index in [0.717, 1.165) is 0 Å². The van der Waals surface area contributed by atoms with Crippen molar-refractivity contribution in [1.82, 2.24) is 0 Å². The molecule has 0 heterocycles. The third-order valence-corrected chi connectivity index (χ3v) is 0.250. The molecule has 0 saturated carbocycles. The molecule has 0 aromatic rings. The van der Waals surface area contributed by atoms with E-state index in [2.05, 4.69) is 65.0 Å². The molecule has 0 N–H and O–H groups in total. The Morgan fingerprint density at radius 3 is 0.409 bits per heavy atom. The molecule has 0 fully saturated rings. The molecule has 22 heavy (non-hydrogen) atoms. The zero-order chi connectivity index (χ0) is 19.4. The maximum Gasteiger partial charge on any atom is 0 e. The van der Waals surface area contributed by atoms with Crippen LogP contribution in [0, 0.1) is 65.0 Å². The van der Waals surface area contributed by atoms with Crippen LogP contribution in [0.5, 0.6) is 0 Å². The SMILES string of the molecule is CC#CC.[C-]#[O+].[C-]#[O+].[C-]#[O+].[C-]#[O+].[C-]#[O+].[C-]#[O+].[C-]#[O+].[C-]#[O+].[Co].[Co]. The third-order valence-electron chi connectivity index (χ3n) is 0.250. The minimum Gasteiger partial charge on any atom is 0 e. The van der Waals surface area contributed by atoms with Gasteiger partial charge in [0.2, 0.25) is 0 Å². The second-order valence-electron chi connectivity index (χ2n) is 0.500. The van der Waals surface area contributed by atoms with Gasteiger partial charge in [0.1, 0.15) is 0 Å². The minimum atomic E-state index is 0. The molecular formula is C12H6Co2O8. The second-order valence-corrected chi connectivity index (χ2v) is 0.500. The van der Waals surface area contributed by atoms with Crippen LogP contribution in [0.1, 0.15) is 13.8 Å². The Morgan fingerprint density at radius 2 is 0.409 bits per heavy atom. The topological polar surface area (TPSA) is 159 Å². The van der Waals surface area contributed by atoms with Crippen molar-refractivity contribution in [2.45, 2.75) is 13.8 Å². The van der Waals surface area contributed by atoms with Gasteiger partial charge in [0.25, 0.3) is 0 Å². The van der Waals surface area contributed by atoms with E-state index in [1.807, 2.05) is 13.8 Å². The van der Waals surface area contributed by atoms with Crippen molar-refractivity contribution in [1.29, 1.82) is 0 Å². The normalized spacial score (nSPS) is 1.36. The van der Waals surface area contributed by atoms with Crippen LogP contribution in [0.2, 0.25) is 0 Å². The van der Waals surface area contributed by atoms with E-state index in [1.54, 1.807) is 0 Å². The Balaban J connectivity index is -0.00000000693. The van der Waals surface area contributed by atoms with E-state index >= 15 is 0 Å². The monoisotopic (exact) mass is 396 g/mol. The van der Waals surface area contributed by atoms with Crippen molar-refractivity contribution < 1.29 is 70.8 Å². The summed E-state index contributed by atoms with van der Waals surface area (Å²) in [7, 11) is 0. The Labute approximate surface area is 149 Å². The largest absolute Gasteiger partial charge is 0 e. The second kappa shape index (κ2) is 27400. The molecule has 0 aliphatic rings. The van der Waals surface area contributed by atoms with Gasteiger partial charge in [0, 0.05) is 33.6 Å². The van der Waals surface area contributed by atoms with Gasteiger partial charge in [-0.05, 0) is 13.8 Å². The van der Waals surface area contributed by atoms with Crippen molar-refractivity contribution in [2.24, 2.45) is 0 Å². The van der Waals surface area contributed by atoms with Crippen molar-refractivity contribution in [2.75, 3.05) is 0 Å². The summed E-state index contributed by atoms with van der Waals surface area (Å²) in [5, 5.41) is 0. The maximum atomic E-state index is 7.50. The number of rotatable bonds is 0. The first kappa shape index (κ1) is 86.4. The van der Waals surface area contributed by atoms with Crippen molar-refractivity contribution in [3.63, 3.8) is 0 Å². The summed E-state index contributed by atoms with van der Waals surface area (Å²) in [5.41, 5.74) is 0. The van der Waals surface area contributed by atoms with E-state index < -0.39 is 0 Å². The van der Waals surface area contributed by atoms with Gasteiger partial charge in [-0.1, -0.05) is 0 Å². The Kier molecular flexibility index (Phi) is 108000. The fraction of sp³-hybridized carbons (Fsp3) is 0.167. The fourth-order valence-corrected chi connectivity index (χ4v) is 0. The van der Waals surface area contributed by atoms with E-state index in [0.29, 0.717) is 0 Å². The summed E-state index contributed by atoms with van der Waals surface area (Å²) in [4.78, 5) is 0. The molecule has 0 aromatic carbocycles. The molecule has 0 aliphatic heterocycles. The van der Waals surface area contributed by atoms with Crippen LogP contribution >= 0.6 is 0 Å². The molecule has 2 radical (unpaired) electrons. The molecule has 0 saturated heterocycles. The summed E-state index contributed by atoms with van der Waals surface area (Å²) in [6.45, 7) is 39.6. The quantitative estimate of drug-likeness (QED) is 0.321. The van der Waals surface area contributed by atoms with Gasteiger partial charge in [0.05, 0.1) is 0 Å². The molecule has 0 bridgehead atoms. The third kappa shape index (κ3) is 22000. The van der Waals surface area contributed by atoms with Gasteiger partial charge in [-0.3, -0.25) is 0 Å². The zero-order valence-corrected chi connectivity index (χ0v) is 13.0. The molecule has 0 spiro atoms. The molecule has 0 aliphatic carbocycles. The average Bonchev–Trinajstić information content (AvgIpc) is 2.68.